The Morgan fingerprint density at radius 1 is 0.594 bits per heavy atom. The molecule has 0 spiro atoms. The molecule has 0 bridgehead atoms. The van der Waals surface area contributed by atoms with Crippen molar-refractivity contribution in [3.05, 3.63) is 79.4 Å². The van der Waals surface area contributed by atoms with Crippen LogP contribution in [-0.4, -0.2) is 0 Å². The van der Waals surface area contributed by atoms with E-state index in [2.05, 4.69) is 82.5 Å². The van der Waals surface area contributed by atoms with Gasteiger partial charge in [0.2, 0.25) is 5.69 Å². The molecule has 0 unspecified atom stereocenters. The van der Waals surface area contributed by atoms with Crippen LogP contribution >= 0.6 is 0 Å². The maximum atomic E-state index is 2.34. The van der Waals surface area contributed by atoms with Gasteiger partial charge in [0.15, 0.2) is 31.3 Å². The number of para-hydroxylation sites is 1. The van der Waals surface area contributed by atoms with Crippen LogP contribution in [0.3, 0.4) is 0 Å². The van der Waals surface area contributed by atoms with Gasteiger partial charge in [0.05, 0.1) is 0 Å². The molecule has 0 N–H and O–H groups in total. The Hall–Kier alpha value is -1.38. The summed E-state index contributed by atoms with van der Waals surface area (Å²) >= 11 is 0. The van der Waals surface area contributed by atoms with Crippen molar-refractivity contribution in [2.75, 3.05) is 0 Å². The second-order valence-electron chi connectivity index (χ2n) is 8.53. The van der Waals surface area contributed by atoms with Gasteiger partial charge in [-0.3, -0.25) is 0 Å². The van der Waals surface area contributed by atoms with E-state index >= 15 is 0 Å². The zero-order valence-corrected chi connectivity index (χ0v) is 21.3. The molecule has 2 aromatic heterocycles. The van der Waals surface area contributed by atoms with E-state index in [0.29, 0.717) is 0 Å². The van der Waals surface area contributed by atoms with Crippen molar-refractivity contribution < 1.29 is 51.0 Å². The van der Waals surface area contributed by atoms with Gasteiger partial charge in [0, 0.05) is 59.4 Å². The van der Waals surface area contributed by atoms with Crippen LogP contribution in [0.15, 0.2) is 79.4 Å². The second kappa shape index (κ2) is 15.5. The van der Waals surface area contributed by atoms with Gasteiger partial charge in [-0.2, -0.15) is 4.57 Å². The summed E-state index contributed by atoms with van der Waals surface area (Å²) in [5.41, 5.74) is 3.72. The smallest absolute Gasteiger partial charge is 0.210 e. The summed E-state index contributed by atoms with van der Waals surface area (Å²) in [6, 6.07) is 19.3. The Balaban J connectivity index is 0.000000570. The second-order valence-corrected chi connectivity index (χ2v) is 8.53. The number of rotatable bonds is 4. The average Bonchev–Trinajstić information content (AvgIpc) is 3.52. The molecule has 0 amide bonds. The largest absolute Gasteiger partial charge is 1.00 e. The van der Waals surface area contributed by atoms with Gasteiger partial charge in [0.25, 0.3) is 0 Å². The summed E-state index contributed by atoms with van der Waals surface area (Å²) in [4.78, 5) is 0. The number of nitrogens with zero attached hydrogens (tertiary/aromatic N) is 2. The predicted molar refractivity (Wildman–Crippen MR) is 119 cm³/mol. The van der Waals surface area contributed by atoms with Crippen LogP contribution in [-0.2, 0) is 23.6 Å². The van der Waals surface area contributed by atoms with Gasteiger partial charge in [-0.15, -0.1) is 0 Å². The topological polar surface area (TPSA) is 7.76 Å². The minimum atomic E-state index is 0. The van der Waals surface area contributed by atoms with Gasteiger partial charge < -0.3 is 24.8 Å². The first-order chi connectivity index (χ1) is 14.4. The molecule has 2 aliphatic rings. The van der Waals surface area contributed by atoms with E-state index in [1.165, 1.54) is 81.1 Å². The zero-order chi connectivity index (χ0) is 19.7. The Labute approximate surface area is 216 Å². The van der Waals surface area contributed by atoms with E-state index in [4.69, 9.17) is 0 Å². The van der Waals surface area contributed by atoms with Crippen molar-refractivity contribution in [2.24, 2.45) is 5.92 Å². The van der Waals surface area contributed by atoms with E-state index in [1.54, 1.807) is 0 Å². The fourth-order valence-corrected chi connectivity index (χ4v) is 4.54. The molecule has 2 saturated carbocycles. The number of pyridine rings is 2. The molecule has 2 heterocycles. The Kier molecular flexibility index (Phi) is 13.8. The van der Waals surface area contributed by atoms with Gasteiger partial charge in [-0.1, -0.05) is 63.1 Å². The first kappa shape index (κ1) is 28.7. The summed E-state index contributed by atoms with van der Waals surface area (Å²) in [5, 5.41) is 0. The zero-order valence-electron chi connectivity index (χ0n) is 18.7. The summed E-state index contributed by atoms with van der Waals surface area (Å²) in [7, 11) is 0. The summed E-state index contributed by atoms with van der Waals surface area (Å²) in [6.07, 6.45) is 21.8. The van der Waals surface area contributed by atoms with Gasteiger partial charge in [-0.05, 0) is 24.0 Å². The number of hydrogen-bond donors (Lipinski definition) is 0. The Morgan fingerprint density at radius 3 is 1.56 bits per heavy atom. The standard InChI is InChI=1S/C22H24N2.C5H10.2ClH.Fe/c1-2-8-22(9-3-1)24-16-12-21(13-17-24)20-10-14-23(15-11-20)18-19-6-4-5-7-19;1-2-4-5-3-1;;;/h1-3,8-17,19H,4-7,18H2;1-5H2;2*1H;/q+2;;;;/p-2. The molecule has 2 nitrogen and oxygen atoms in total. The van der Waals surface area contributed by atoms with Crippen molar-refractivity contribution in [1.82, 2.24) is 0 Å². The van der Waals surface area contributed by atoms with Gasteiger partial charge in [-0.25, -0.2) is 4.57 Å². The minimum absolute atomic E-state index is 0. The molecule has 0 saturated heterocycles. The van der Waals surface area contributed by atoms with Crippen LogP contribution in [0, 0.1) is 5.92 Å². The minimum Gasteiger partial charge on any atom is -1.00 e. The van der Waals surface area contributed by atoms with Crippen molar-refractivity contribution in [1.29, 1.82) is 0 Å². The normalized spacial score (nSPS) is 14.9. The van der Waals surface area contributed by atoms with E-state index < -0.39 is 0 Å². The van der Waals surface area contributed by atoms with Crippen LogP contribution < -0.4 is 33.9 Å². The third-order valence-electron chi connectivity index (χ3n) is 6.30. The molecule has 5 heteroatoms. The number of aromatic nitrogens is 2. The van der Waals surface area contributed by atoms with Crippen molar-refractivity contribution >= 4 is 0 Å². The van der Waals surface area contributed by atoms with Crippen LogP contribution in [0.25, 0.3) is 16.8 Å². The molecule has 0 aliphatic heterocycles. The quantitative estimate of drug-likeness (QED) is 0.345. The van der Waals surface area contributed by atoms with Crippen molar-refractivity contribution in [2.45, 2.75) is 64.3 Å². The monoisotopic (exact) mass is 512 g/mol. The molecule has 0 radical (unpaired) electrons. The summed E-state index contributed by atoms with van der Waals surface area (Å²) in [5.74, 6) is 0.877. The van der Waals surface area contributed by atoms with E-state index in [1.807, 2.05) is 6.07 Å². The first-order valence-corrected chi connectivity index (χ1v) is 11.4. The van der Waals surface area contributed by atoms with Gasteiger partial charge in [0.1, 0.15) is 0 Å². The maximum Gasteiger partial charge on any atom is 0.210 e. The first-order valence-electron chi connectivity index (χ1n) is 11.4. The molecule has 1 aromatic carbocycles. The molecule has 2 fully saturated rings. The van der Waals surface area contributed by atoms with Gasteiger partial charge >= 0.3 is 0 Å². The summed E-state index contributed by atoms with van der Waals surface area (Å²) < 4.78 is 4.49. The van der Waals surface area contributed by atoms with Crippen molar-refractivity contribution in [3.8, 4) is 16.8 Å². The third kappa shape index (κ3) is 8.52. The van der Waals surface area contributed by atoms with Crippen LogP contribution in [0.2, 0.25) is 0 Å². The van der Waals surface area contributed by atoms with E-state index in [-0.39, 0.29) is 41.9 Å². The molecule has 3 aromatic rings. The number of halogens is 2. The fourth-order valence-electron chi connectivity index (χ4n) is 4.54. The van der Waals surface area contributed by atoms with E-state index in [0.717, 1.165) is 5.92 Å². The fraction of sp³-hybridized carbons (Fsp3) is 0.407. The molecule has 0 atom stereocenters. The third-order valence-corrected chi connectivity index (χ3v) is 6.30. The van der Waals surface area contributed by atoms with Crippen molar-refractivity contribution in [3.63, 3.8) is 0 Å². The summed E-state index contributed by atoms with van der Waals surface area (Å²) in [6.45, 7) is 1.17. The van der Waals surface area contributed by atoms with Crippen LogP contribution in [0.5, 0.6) is 0 Å². The molecular weight excluding hydrogens is 479 g/mol. The molecule has 2 aliphatic carbocycles. The molecular formula is C27H34Cl2FeN2. The molecule has 5 rings (SSSR count). The van der Waals surface area contributed by atoms with Crippen LogP contribution in [0.1, 0.15) is 57.8 Å². The maximum absolute atomic E-state index is 2.34. The molecule has 174 valence electrons. The number of hydrogen-bond acceptors (Lipinski definition) is 0. The average molecular weight is 513 g/mol. The Morgan fingerprint density at radius 2 is 1.06 bits per heavy atom. The van der Waals surface area contributed by atoms with E-state index in [9.17, 15) is 0 Å². The van der Waals surface area contributed by atoms with Crippen LogP contribution in [0.4, 0.5) is 0 Å². The Bertz CT molecular complexity index is 853. The number of benzene rings is 1. The SMILES string of the molecule is C1CCCC1.[Cl-].[Cl-].[Fe].c1ccc(-[n+]2ccc(-c3cc[n+](CC4CCCC4)cc3)cc2)cc1. The molecule has 32 heavy (non-hydrogen) atoms. The predicted octanol–water partition coefficient (Wildman–Crippen LogP) is 0.0640.